The van der Waals surface area contributed by atoms with Gasteiger partial charge >= 0.3 is 6.47 Å². The average molecular weight is 200 g/mol. The number of hydrogen-bond acceptors (Lipinski definition) is 5. The van der Waals surface area contributed by atoms with Crippen molar-refractivity contribution < 1.29 is 19.0 Å². The quantitative estimate of drug-likeness (QED) is 0.317. The minimum absolute atomic E-state index is 0.126. The first-order valence-corrected chi connectivity index (χ1v) is 3.46. The van der Waals surface area contributed by atoms with Crippen molar-refractivity contribution in [1.29, 1.82) is 0 Å². The Morgan fingerprint density at radius 2 is 2.29 bits per heavy atom. The predicted octanol–water partition coefficient (Wildman–Crippen LogP) is 1.37. The summed E-state index contributed by atoms with van der Waals surface area (Å²) in [6.45, 7) is -0.126. The minimum Gasteiger partial charge on any atom is -0.314 e. The molecule has 0 saturated heterocycles. The first-order chi connectivity index (χ1) is 6.65. The number of halogens is 1. The molecule has 0 aliphatic rings. The molecule has 0 atom stereocenters. The van der Waals surface area contributed by atoms with Gasteiger partial charge in [-0.1, -0.05) is 10.5 Å². The summed E-state index contributed by atoms with van der Waals surface area (Å²) >= 11 is 0. The fourth-order valence-corrected chi connectivity index (χ4v) is 0.815. The van der Waals surface area contributed by atoms with Crippen LogP contribution in [-0.2, 0) is 9.63 Å². The maximum atomic E-state index is 12.7. The van der Waals surface area contributed by atoms with Crippen molar-refractivity contribution in [2.75, 3.05) is 5.29 Å². The lowest BCUT2D eigenvalue weighted by Crippen LogP contribution is -2.11. The molecule has 1 rings (SSSR count). The van der Waals surface area contributed by atoms with Gasteiger partial charge in [0, 0.05) is 12.1 Å². The van der Waals surface area contributed by atoms with Crippen molar-refractivity contribution in [3.05, 3.63) is 34.4 Å². The molecule has 0 saturated carbocycles. The second-order valence-electron chi connectivity index (χ2n) is 2.22. The average Bonchev–Trinajstić information content (AvgIpc) is 2.18. The Labute approximate surface area is 77.5 Å². The van der Waals surface area contributed by atoms with Crippen molar-refractivity contribution in [2.24, 2.45) is 0 Å². The smallest absolute Gasteiger partial charge is 0.314 e. The van der Waals surface area contributed by atoms with Crippen molar-refractivity contribution in [3.8, 4) is 0 Å². The molecule has 7 heteroatoms. The summed E-state index contributed by atoms with van der Waals surface area (Å²) in [7, 11) is 0. The summed E-state index contributed by atoms with van der Waals surface area (Å²) in [4.78, 5) is 23.2. The van der Waals surface area contributed by atoms with E-state index in [-0.39, 0.29) is 23.1 Å². The molecule has 0 radical (unpaired) electrons. The molecule has 0 aliphatic heterocycles. The third kappa shape index (κ3) is 2.16. The lowest BCUT2D eigenvalue weighted by Gasteiger charge is -2.07. The molecule has 0 N–H and O–H groups in total. The highest BCUT2D eigenvalue weighted by Gasteiger charge is 2.11. The number of hydrogen-bond donors (Lipinski definition) is 0. The van der Waals surface area contributed by atoms with E-state index in [1.54, 1.807) is 0 Å². The van der Waals surface area contributed by atoms with Crippen molar-refractivity contribution in [1.82, 2.24) is 0 Å². The predicted molar refractivity (Wildman–Crippen MR) is 43.8 cm³/mol. The van der Waals surface area contributed by atoms with Crippen LogP contribution < -0.4 is 5.29 Å². The summed E-state index contributed by atoms with van der Waals surface area (Å²) in [5.74, 6) is 0. The molecule has 0 unspecified atom stereocenters. The van der Waals surface area contributed by atoms with Gasteiger partial charge in [-0.3, -0.25) is 14.9 Å². The number of nitro groups is 1. The topological polar surface area (TPSA) is 72.7 Å². The van der Waals surface area contributed by atoms with Gasteiger partial charge in [-0.2, -0.15) is 0 Å². The Morgan fingerprint density at radius 1 is 1.57 bits per heavy atom. The lowest BCUT2D eigenvalue weighted by molar-refractivity contribution is -0.384. The van der Waals surface area contributed by atoms with Crippen LogP contribution in [0.15, 0.2) is 24.3 Å². The van der Waals surface area contributed by atoms with Crippen LogP contribution in [0.3, 0.4) is 0 Å². The molecule has 14 heavy (non-hydrogen) atoms. The van der Waals surface area contributed by atoms with Gasteiger partial charge in [-0.05, 0) is 11.4 Å². The molecule has 0 aliphatic carbocycles. The van der Waals surface area contributed by atoms with E-state index in [1.807, 2.05) is 0 Å². The van der Waals surface area contributed by atoms with E-state index >= 15 is 0 Å². The maximum absolute atomic E-state index is 12.7. The number of anilines is 1. The highest BCUT2D eigenvalue weighted by molar-refractivity contribution is 5.52. The highest BCUT2D eigenvalue weighted by Crippen LogP contribution is 2.20. The summed E-state index contributed by atoms with van der Waals surface area (Å²) in [6, 6.07) is 4.62. The summed E-state index contributed by atoms with van der Waals surface area (Å²) in [6.07, 6.45) is 0. The third-order valence-electron chi connectivity index (χ3n) is 1.38. The number of non-ortho nitro benzene ring substituents is 1. The van der Waals surface area contributed by atoms with Gasteiger partial charge in [0.25, 0.3) is 5.69 Å². The van der Waals surface area contributed by atoms with E-state index in [4.69, 9.17) is 0 Å². The van der Waals surface area contributed by atoms with Gasteiger partial charge in [0.15, 0.2) is 0 Å². The molecule has 0 amide bonds. The van der Waals surface area contributed by atoms with Crippen molar-refractivity contribution in [3.63, 3.8) is 0 Å². The fraction of sp³-hybridized carbons (Fsp3) is 0. The minimum atomic E-state index is -0.682. The molecule has 0 bridgehead atoms. The zero-order valence-corrected chi connectivity index (χ0v) is 6.79. The van der Waals surface area contributed by atoms with Crippen LogP contribution in [0.25, 0.3) is 0 Å². The number of rotatable bonds is 4. The Morgan fingerprint density at radius 3 is 2.86 bits per heavy atom. The molecule has 0 heterocycles. The SMILES string of the molecule is O=CON(F)c1cccc([N+](=O)[O-])c1. The largest absolute Gasteiger partial charge is 0.324 e. The van der Waals surface area contributed by atoms with Crippen LogP contribution in [0, 0.1) is 10.1 Å². The van der Waals surface area contributed by atoms with Gasteiger partial charge in [-0.25, -0.2) is 0 Å². The molecule has 0 fully saturated rings. The Kier molecular flexibility index (Phi) is 2.95. The van der Waals surface area contributed by atoms with Crippen LogP contribution in [0.2, 0.25) is 0 Å². The Balaban J connectivity index is 2.93. The van der Waals surface area contributed by atoms with Crippen LogP contribution >= 0.6 is 0 Å². The molecule has 1 aromatic carbocycles. The fourth-order valence-electron chi connectivity index (χ4n) is 0.815. The monoisotopic (exact) mass is 200 g/mol. The van der Waals surface area contributed by atoms with Crippen LogP contribution in [-0.4, -0.2) is 11.4 Å². The van der Waals surface area contributed by atoms with Gasteiger partial charge < -0.3 is 4.84 Å². The normalized spacial score (nSPS) is 9.21. The third-order valence-corrected chi connectivity index (χ3v) is 1.38. The van der Waals surface area contributed by atoms with E-state index in [1.165, 1.54) is 18.2 Å². The first-order valence-electron chi connectivity index (χ1n) is 3.46. The van der Waals surface area contributed by atoms with Gasteiger partial charge in [0.05, 0.1) is 4.92 Å². The Hall–Kier alpha value is -2.18. The standard InChI is InChI=1S/C7H5FN2O4/c8-9(14-5-11)6-2-1-3-7(4-6)10(12)13/h1-5H. The Bertz CT molecular complexity index is 357. The number of benzene rings is 1. The summed E-state index contributed by atoms with van der Waals surface area (Å²) < 4.78 is 12.7. The van der Waals surface area contributed by atoms with Crippen molar-refractivity contribution in [2.45, 2.75) is 0 Å². The molecular formula is C7H5FN2O4. The van der Waals surface area contributed by atoms with Crippen LogP contribution in [0.5, 0.6) is 0 Å². The highest BCUT2D eigenvalue weighted by atomic mass is 19.2. The molecule has 1 aromatic rings. The summed E-state index contributed by atoms with van der Waals surface area (Å²) in [5.41, 5.74) is -0.522. The molecule has 0 aromatic heterocycles. The van der Waals surface area contributed by atoms with E-state index < -0.39 is 4.92 Å². The number of carbonyl (C=O) groups excluding carboxylic acids is 1. The number of nitro benzene ring substituents is 1. The van der Waals surface area contributed by atoms with Crippen LogP contribution in [0.4, 0.5) is 15.9 Å². The van der Waals surface area contributed by atoms with E-state index in [0.29, 0.717) is 0 Å². The van der Waals surface area contributed by atoms with E-state index in [9.17, 15) is 19.4 Å². The van der Waals surface area contributed by atoms with Gasteiger partial charge in [-0.15, -0.1) is 0 Å². The molecule has 0 spiro atoms. The number of carbonyl (C=O) groups is 1. The molecule has 6 nitrogen and oxygen atoms in total. The van der Waals surface area contributed by atoms with Crippen LogP contribution in [0.1, 0.15) is 0 Å². The van der Waals surface area contributed by atoms with E-state index in [2.05, 4.69) is 4.84 Å². The van der Waals surface area contributed by atoms with Gasteiger partial charge in [0.2, 0.25) is 0 Å². The van der Waals surface area contributed by atoms with Gasteiger partial charge in [0.1, 0.15) is 5.69 Å². The zero-order valence-electron chi connectivity index (χ0n) is 6.79. The number of nitrogens with zero attached hydrogens (tertiary/aromatic N) is 2. The maximum Gasteiger partial charge on any atom is 0.324 e. The van der Waals surface area contributed by atoms with Crippen molar-refractivity contribution >= 4 is 17.8 Å². The first kappa shape index (κ1) is 9.90. The second-order valence-corrected chi connectivity index (χ2v) is 2.22. The summed E-state index contributed by atoms with van der Waals surface area (Å²) in [5, 5.41) is 9.93. The molecule has 74 valence electrons. The zero-order chi connectivity index (χ0) is 10.6. The lowest BCUT2D eigenvalue weighted by atomic mass is 10.3. The second kappa shape index (κ2) is 4.17. The molecular weight excluding hydrogens is 195 g/mol. The van der Waals surface area contributed by atoms with E-state index in [0.717, 1.165) is 6.07 Å².